The van der Waals surface area contributed by atoms with Crippen LogP contribution in [0.15, 0.2) is 41.3 Å². The molecule has 30 heavy (non-hydrogen) atoms. The Kier molecular flexibility index (Phi) is 5.36. The predicted molar refractivity (Wildman–Crippen MR) is 115 cm³/mol. The summed E-state index contributed by atoms with van der Waals surface area (Å²) in [5.41, 5.74) is 2.02. The van der Waals surface area contributed by atoms with Crippen molar-refractivity contribution >= 4 is 27.3 Å². The molecule has 1 heterocycles. The number of ether oxygens (including phenoxy) is 2. The van der Waals surface area contributed by atoms with Gasteiger partial charge in [0.2, 0.25) is 5.91 Å². The van der Waals surface area contributed by atoms with Crippen molar-refractivity contribution in [1.29, 1.82) is 0 Å². The molecule has 0 spiro atoms. The minimum atomic E-state index is -3.83. The number of carbonyl (C=O) groups is 1. The Balaban J connectivity index is 1.61. The monoisotopic (exact) mass is 430 g/mol. The van der Waals surface area contributed by atoms with Crippen molar-refractivity contribution in [3.05, 3.63) is 42.0 Å². The summed E-state index contributed by atoms with van der Waals surface area (Å²) in [4.78, 5) is 14.8. The first kappa shape index (κ1) is 20.5. The van der Waals surface area contributed by atoms with Crippen LogP contribution in [0.5, 0.6) is 11.5 Å². The molecule has 0 unspecified atom stereocenters. The standard InChI is InChI=1S/C22H26N2O5S/c1-14-11-16-12-18(8-10-20(16)24(14)22(25)15-5-4-6-15)30(26,27)23-19-9-7-17(28-2)13-21(19)29-3/h7-10,12-15,23H,4-6,11H2,1-3H3/t14-/m0/s1. The number of fused-ring (bicyclic) bond motifs is 1. The van der Waals surface area contributed by atoms with Crippen LogP contribution in [0, 0.1) is 5.92 Å². The Morgan fingerprint density at radius 3 is 2.50 bits per heavy atom. The van der Waals surface area contributed by atoms with E-state index in [9.17, 15) is 13.2 Å². The SMILES string of the molecule is COc1ccc(NS(=O)(=O)c2ccc3c(c2)C[C@H](C)N3C(=O)C2CCC2)c(OC)c1. The summed E-state index contributed by atoms with van der Waals surface area (Å²) in [5.74, 6) is 1.19. The van der Waals surface area contributed by atoms with Gasteiger partial charge in [0.15, 0.2) is 0 Å². The van der Waals surface area contributed by atoms with Gasteiger partial charge in [0.25, 0.3) is 10.0 Å². The highest BCUT2D eigenvalue weighted by Crippen LogP contribution is 2.39. The number of hydrogen-bond donors (Lipinski definition) is 1. The van der Waals surface area contributed by atoms with Crippen LogP contribution in [0.4, 0.5) is 11.4 Å². The van der Waals surface area contributed by atoms with Crippen LogP contribution in [0.2, 0.25) is 0 Å². The van der Waals surface area contributed by atoms with Crippen LogP contribution in [0.3, 0.4) is 0 Å². The topological polar surface area (TPSA) is 84.9 Å². The van der Waals surface area contributed by atoms with Crippen LogP contribution < -0.4 is 19.1 Å². The largest absolute Gasteiger partial charge is 0.497 e. The van der Waals surface area contributed by atoms with Gasteiger partial charge in [-0.25, -0.2) is 8.42 Å². The number of rotatable bonds is 6. The molecule has 2 aromatic carbocycles. The highest BCUT2D eigenvalue weighted by molar-refractivity contribution is 7.92. The Morgan fingerprint density at radius 2 is 1.87 bits per heavy atom. The van der Waals surface area contributed by atoms with E-state index in [4.69, 9.17) is 9.47 Å². The minimum absolute atomic E-state index is 0.0284. The van der Waals surface area contributed by atoms with Gasteiger partial charge in [-0.3, -0.25) is 9.52 Å². The number of hydrogen-bond acceptors (Lipinski definition) is 5. The van der Waals surface area contributed by atoms with E-state index in [-0.39, 0.29) is 22.8 Å². The summed E-state index contributed by atoms with van der Waals surface area (Å²) in [6.07, 6.45) is 3.63. The lowest BCUT2D eigenvalue weighted by Crippen LogP contribution is -2.42. The molecule has 2 aliphatic rings. The van der Waals surface area contributed by atoms with E-state index in [1.807, 2.05) is 11.8 Å². The van der Waals surface area contributed by atoms with Crippen molar-refractivity contribution < 1.29 is 22.7 Å². The van der Waals surface area contributed by atoms with Gasteiger partial charge >= 0.3 is 0 Å². The van der Waals surface area contributed by atoms with Gasteiger partial charge in [-0.15, -0.1) is 0 Å². The molecule has 1 fully saturated rings. The van der Waals surface area contributed by atoms with E-state index in [0.717, 1.165) is 30.5 Å². The van der Waals surface area contributed by atoms with Gasteiger partial charge < -0.3 is 14.4 Å². The third kappa shape index (κ3) is 3.60. The zero-order valence-corrected chi connectivity index (χ0v) is 18.2. The van der Waals surface area contributed by atoms with E-state index in [1.54, 1.807) is 36.4 Å². The van der Waals surface area contributed by atoms with Crippen molar-refractivity contribution in [2.75, 3.05) is 23.8 Å². The predicted octanol–water partition coefficient (Wildman–Crippen LogP) is 3.58. The number of benzene rings is 2. The van der Waals surface area contributed by atoms with Crippen LogP contribution in [-0.4, -0.2) is 34.6 Å². The van der Waals surface area contributed by atoms with E-state index in [1.165, 1.54) is 14.2 Å². The van der Waals surface area contributed by atoms with E-state index in [0.29, 0.717) is 23.6 Å². The molecule has 0 bridgehead atoms. The van der Waals surface area contributed by atoms with Gasteiger partial charge in [0.1, 0.15) is 11.5 Å². The number of amides is 1. The summed E-state index contributed by atoms with van der Waals surface area (Å²) < 4.78 is 39.0. The summed E-state index contributed by atoms with van der Waals surface area (Å²) in [6.45, 7) is 2.01. The second-order valence-electron chi connectivity index (χ2n) is 7.85. The molecule has 4 rings (SSSR count). The average Bonchev–Trinajstić information content (AvgIpc) is 3.01. The Bertz CT molecular complexity index is 1080. The fourth-order valence-electron chi connectivity index (χ4n) is 4.05. The Morgan fingerprint density at radius 1 is 1.10 bits per heavy atom. The zero-order valence-electron chi connectivity index (χ0n) is 17.3. The molecule has 2 aromatic rings. The second kappa shape index (κ2) is 7.83. The van der Waals surface area contributed by atoms with Gasteiger partial charge in [-0.05, 0) is 62.1 Å². The van der Waals surface area contributed by atoms with E-state index < -0.39 is 10.0 Å². The maximum absolute atomic E-state index is 13.0. The fraction of sp³-hybridized carbons (Fsp3) is 0.409. The third-order valence-electron chi connectivity index (χ3n) is 5.92. The number of nitrogens with zero attached hydrogens (tertiary/aromatic N) is 1. The van der Waals surface area contributed by atoms with Crippen LogP contribution in [0.1, 0.15) is 31.7 Å². The average molecular weight is 431 g/mol. The molecular weight excluding hydrogens is 404 g/mol. The number of anilines is 2. The highest BCUT2D eigenvalue weighted by atomic mass is 32.2. The molecule has 7 nitrogen and oxygen atoms in total. The van der Waals surface area contributed by atoms with E-state index in [2.05, 4.69) is 4.72 Å². The van der Waals surface area contributed by atoms with Crippen molar-refractivity contribution in [3.8, 4) is 11.5 Å². The molecule has 1 N–H and O–H groups in total. The van der Waals surface area contributed by atoms with Crippen LogP contribution in [-0.2, 0) is 21.2 Å². The highest BCUT2D eigenvalue weighted by Gasteiger charge is 2.37. The Labute approximate surface area is 177 Å². The first-order chi connectivity index (χ1) is 14.3. The van der Waals surface area contributed by atoms with Crippen LogP contribution in [0.25, 0.3) is 0 Å². The lowest BCUT2D eigenvalue weighted by Gasteiger charge is -2.32. The molecule has 1 saturated carbocycles. The molecule has 160 valence electrons. The van der Waals surface area contributed by atoms with Gasteiger partial charge in [0.05, 0.1) is 24.8 Å². The number of sulfonamides is 1. The van der Waals surface area contributed by atoms with Gasteiger partial charge in [-0.2, -0.15) is 0 Å². The van der Waals surface area contributed by atoms with Crippen molar-refractivity contribution in [2.45, 2.75) is 43.5 Å². The zero-order chi connectivity index (χ0) is 21.5. The van der Waals surface area contributed by atoms with Gasteiger partial charge in [0, 0.05) is 23.7 Å². The quantitative estimate of drug-likeness (QED) is 0.757. The fourth-order valence-corrected chi connectivity index (χ4v) is 5.17. The number of methoxy groups -OCH3 is 2. The summed E-state index contributed by atoms with van der Waals surface area (Å²) >= 11 is 0. The molecule has 0 aromatic heterocycles. The lowest BCUT2D eigenvalue weighted by molar-refractivity contribution is -0.125. The van der Waals surface area contributed by atoms with E-state index >= 15 is 0 Å². The first-order valence-corrected chi connectivity index (χ1v) is 11.5. The number of carbonyl (C=O) groups excluding carboxylic acids is 1. The molecule has 1 atom stereocenters. The smallest absolute Gasteiger partial charge is 0.262 e. The third-order valence-corrected chi connectivity index (χ3v) is 7.28. The molecule has 8 heteroatoms. The summed E-state index contributed by atoms with van der Waals surface area (Å²) in [5, 5.41) is 0. The normalized spacial score (nSPS) is 18.5. The molecule has 0 radical (unpaired) electrons. The van der Waals surface area contributed by atoms with Crippen molar-refractivity contribution in [3.63, 3.8) is 0 Å². The van der Waals surface area contributed by atoms with Crippen molar-refractivity contribution in [2.24, 2.45) is 5.92 Å². The molecular formula is C22H26N2O5S. The maximum Gasteiger partial charge on any atom is 0.262 e. The van der Waals surface area contributed by atoms with Crippen molar-refractivity contribution in [1.82, 2.24) is 0 Å². The summed E-state index contributed by atoms with van der Waals surface area (Å²) in [7, 11) is -0.826. The molecule has 1 amide bonds. The Hall–Kier alpha value is -2.74. The second-order valence-corrected chi connectivity index (χ2v) is 9.53. The van der Waals surface area contributed by atoms with Gasteiger partial charge in [-0.1, -0.05) is 6.42 Å². The maximum atomic E-state index is 13.0. The summed E-state index contributed by atoms with van der Waals surface area (Å²) in [6, 6.07) is 9.87. The molecule has 1 aliphatic carbocycles. The molecule has 1 aliphatic heterocycles. The number of nitrogens with one attached hydrogen (secondary N) is 1. The lowest BCUT2D eigenvalue weighted by atomic mass is 9.84. The first-order valence-electron chi connectivity index (χ1n) is 10.0. The van der Waals surface area contributed by atoms with Crippen LogP contribution >= 0.6 is 0 Å². The minimum Gasteiger partial charge on any atom is -0.497 e. The molecule has 0 saturated heterocycles.